The average molecular weight is 271 g/mol. The lowest BCUT2D eigenvalue weighted by Gasteiger charge is -2.18. The lowest BCUT2D eigenvalue weighted by atomic mass is 9.94. The molecule has 5 heteroatoms. The summed E-state index contributed by atoms with van der Waals surface area (Å²) >= 11 is 0. The lowest BCUT2D eigenvalue weighted by molar-refractivity contribution is -0.138. The number of hydrogen-bond donors (Lipinski definition) is 2. The molecule has 1 aliphatic heterocycles. The van der Waals surface area contributed by atoms with Crippen LogP contribution in [0.1, 0.15) is 40.0 Å². The van der Waals surface area contributed by atoms with Gasteiger partial charge in [0.25, 0.3) is 0 Å². The molecule has 1 rings (SSSR count). The zero-order valence-corrected chi connectivity index (χ0v) is 12.0. The summed E-state index contributed by atoms with van der Waals surface area (Å²) in [6.45, 7) is 6.99. The number of rotatable bonds is 7. The van der Waals surface area contributed by atoms with E-state index in [-0.39, 0.29) is 30.3 Å². The van der Waals surface area contributed by atoms with Crippen molar-refractivity contribution in [3.05, 3.63) is 0 Å². The number of nitrogens with one attached hydrogen (secondary N) is 1. The molecular weight excluding hydrogens is 246 g/mol. The van der Waals surface area contributed by atoms with Gasteiger partial charge in [-0.1, -0.05) is 13.8 Å². The van der Waals surface area contributed by atoms with Crippen LogP contribution < -0.4 is 5.32 Å². The number of amides is 1. The van der Waals surface area contributed by atoms with E-state index in [9.17, 15) is 9.59 Å². The second-order valence-corrected chi connectivity index (χ2v) is 5.92. The fourth-order valence-corrected chi connectivity index (χ4v) is 2.54. The molecule has 0 radical (unpaired) electrons. The molecule has 1 fully saturated rings. The van der Waals surface area contributed by atoms with Crippen molar-refractivity contribution in [1.82, 2.24) is 5.32 Å². The highest BCUT2D eigenvalue weighted by molar-refractivity contribution is 5.79. The summed E-state index contributed by atoms with van der Waals surface area (Å²) in [6, 6.07) is 0. The van der Waals surface area contributed by atoms with Gasteiger partial charge in [0.2, 0.25) is 5.91 Å². The molecule has 1 amide bonds. The van der Waals surface area contributed by atoms with E-state index in [0.29, 0.717) is 19.1 Å². The molecule has 3 atom stereocenters. The minimum absolute atomic E-state index is 0.00111. The first-order chi connectivity index (χ1) is 8.88. The maximum Gasteiger partial charge on any atom is 0.303 e. The maximum atomic E-state index is 11.9. The average Bonchev–Trinajstić information content (AvgIpc) is 2.71. The van der Waals surface area contributed by atoms with Gasteiger partial charge in [-0.05, 0) is 31.6 Å². The van der Waals surface area contributed by atoms with Crippen molar-refractivity contribution in [1.29, 1.82) is 0 Å². The van der Waals surface area contributed by atoms with Crippen molar-refractivity contribution in [2.24, 2.45) is 17.8 Å². The lowest BCUT2D eigenvalue weighted by Crippen LogP contribution is -2.35. The van der Waals surface area contributed by atoms with Gasteiger partial charge < -0.3 is 15.2 Å². The molecule has 1 heterocycles. The third kappa shape index (κ3) is 6.05. The first-order valence-electron chi connectivity index (χ1n) is 6.99. The third-order valence-corrected chi connectivity index (χ3v) is 3.40. The Balaban J connectivity index is 2.37. The van der Waals surface area contributed by atoms with Gasteiger partial charge >= 0.3 is 5.97 Å². The molecule has 3 unspecified atom stereocenters. The fraction of sp³-hybridized carbons (Fsp3) is 0.857. The molecular formula is C14H25NO4. The SMILES string of the molecule is CC(C)CC(CNC(=O)C1COC(C)C1)CC(=O)O. The van der Waals surface area contributed by atoms with Crippen LogP contribution in [-0.2, 0) is 14.3 Å². The Bertz CT molecular complexity index is 317. The van der Waals surface area contributed by atoms with Gasteiger partial charge in [0.05, 0.1) is 18.6 Å². The van der Waals surface area contributed by atoms with E-state index < -0.39 is 5.97 Å². The summed E-state index contributed by atoms with van der Waals surface area (Å²) in [4.78, 5) is 22.7. The van der Waals surface area contributed by atoms with Gasteiger partial charge in [-0.15, -0.1) is 0 Å². The minimum atomic E-state index is -0.808. The van der Waals surface area contributed by atoms with E-state index >= 15 is 0 Å². The van der Waals surface area contributed by atoms with Crippen LogP contribution in [0.25, 0.3) is 0 Å². The highest BCUT2D eigenvalue weighted by atomic mass is 16.5. The van der Waals surface area contributed by atoms with Crippen LogP contribution in [0.5, 0.6) is 0 Å². The second-order valence-electron chi connectivity index (χ2n) is 5.92. The summed E-state index contributed by atoms with van der Waals surface area (Å²) in [5.41, 5.74) is 0. The smallest absolute Gasteiger partial charge is 0.303 e. The van der Waals surface area contributed by atoms with Crippen LogP contribution in [0.15, 0.2) is 0 Å². The van der Waals surface area contributed by atoms with Gasteiger partial charge in [-0.25, -0.2) is 0 Å². The Kier molecular flexibility index (Phi) is 6.28. The summed E-state index contributed by atoms with van der Waals surface area (Å²) in [6.07, 6.45) is 1.81. The molecule has 1 saturated heterocycles. The molecule has 0 aromatic carbocycles. The number of carbonyl (C=O) groups is 2. The van der Waals surface area contributed by atoms with Crippen molar-refractivity contribution in [2.75, 3.05) is 13.2 Å². The molecule has 2 N–H and O–H groups in total. The summed E-state index contributed by atoms with van der Waals surface area (Å²) < 4.78 is 5.37. The Morgan fingerprint density at radius 3 is 2.58 bits per heavy atom. The van der Waals surface area contributed by atoms with E-state index in [0.717, 1.165) is 12.8 Å². The van der Waals surface area contributed by atoms with E-state index in [1.807, 2.05) is 6.92 Å². The largest absolute Gasteiger partial charge is 0.481 e. The first kappa shape index (κ1) is 16.0. The summed E-state index contributed by atoms with van der Waals surface area (Å²) in [5.74, 6) is -0.474. The molecule has 0 saturated carbocycles. The van der Waals surface area contributed by atoms with Gasteiger partial charge in [-0.2, -0.15) is 0 Å². The zero-order chi connectivity index (χ0) is 14.4. The number of carbonyl (C=O) groups excluding carboxylic acids is 1. The minimum Gasteiger partial charge on any atom is -0.481 e. The van der Waals surface area contributed by atoms with E-state index in [2.05, 4.69) is 19.2 Å². The van der Waals surface area contributed by atoms with Crippen LogP contribution in [0.2, 0.25) is 0 Å². The van der Waals surface area contributed by atoms with E-state index in [1.54, 1.807) is 0 Å². The van der Waals surface area contributed by atoms with Crippen molar-refractivity contribution in [3.8, 4) is 0 Å². The number of aliphatic carboxylic acids is 1. The van der Waals surface area contributed by atoms with Crippen LogP contribution >= 0.6 is 0 Å². The highest BCUT2D eigenvalue weighted by Crippen LogP contribution is 2.20. The van der Waals surface area contributed by atoms with Crippen LogP contribution in [0.3, 0.4) is 0 Å². The number of hydrogen-bond acceptors (Lipinski definition) is 3. The standard InChI is InChI=1S/C14H25NO4/c1-9(2)4-11(6-13(16)17)7-15-14(18)12-5-10(3)19-8-12/h9-12H,4-8H2,1-3H3,(H,15,18)(H,16,17). The molecule has 0 spiro atoms. The monoisotopic (exact) mass is 271 g/mol. The van der Waals surface area contributed by atoms with Crippen LogP contribution in [0, 0.1) is 17.8 Å². The van der Waals surface area contributed by atoms with Gasteiger partial charge in [-0.3, -0.25) is 9.59 Å². The van der Waals surface area contributed by atoms with Crippen molar-refractivity contribution >= 4 is 11.9 Å². The molecule has 0 aromatic rings. The Morgan fingerprint density at radius 2 is 2.11 bits per heavy atom. The molecule has 110 valence electrons. The molecule has 5 nitrogen and oxygen atoms in total. The van der Waals surface area contributed by atoms with Gasteiger partial charge in [0, 0.05) is 13.0 Å². The predicted octanol–water partition coefficient (Wildman–Crippen LogP) is 1.66. The van der Waals surface area contributed by atoms with Gasteiger partial charge in [0.15, 0.2) is 0 Å². The zero-order valence-electron chi connectivity index (χ0n) is 12.0. The molecule has 0 aromatic heterocycles. The molecule has 0 bridgehead atoms. The molecule has 0 aliphatic carbocycles. The normalized spacial score (nSPS) is 24.4. The first-order valence-corrected chi connectivity index (χ1v) is 6.99. The Labute approximate surface area is 114 Å². The summed E-state index contributed by atoms with van der Waals surface area (Å²) in [7, 11) is 0. The van der Waals surface area contributed by atoms with E-state index in [1.165, 1.54) is 0 Å². The van der Waals surface area contributed by atoms with Crippen LogP contribution in [-0.4, -0.2) is 36.2 Å². The fourth-order valence-electron chi connectivity index (χ4n) is 2.54. The maximum absolute atomic E-state index is 11.9. The molecule has 1 aliphatic rings. The Morgan fingerprint density at radius 1 is 1.42 bits per heavy atom. The number of carboxylic acids is 1. The second kappa shape index (κ2) is 7.48. The van der Waals surface area contributed by atoms with Crippen molar-refractivity contribution in [2.45, 2.75) is 46.1 Å². The van der Waals surface area contributed by atoms with Crippen LogP contribution in [0.4, 0.5) is 0 Å². The molecule has 19 heavy (non-hydrogen) atoms. The van der Waals surface area contributed by atoms with Crippen molar-refractivity contribution < 1.29 is 19.4 Å². The highest BCUT2D eigenvalue weighted by Gasteiger charge is 2.28. The Hall–Kier alpha value is -1.10. The summed E-state index contributed by atoms with van der Waals surface area (Å²) in [5, 5.41) is 11.7. The third-order valence-electron chi connectivity index (χ3n) is 3.40. The topological polar surface area (TPSA) is 75.6 Å². The van der Waals surface area contributed by atoms with E-state index in [4.69, 9.17) is 9.84 Å². The number of carboxylic acid groups (broad SMARTS) is 1. The number of ether oxygens (including phenoxy) is 1. The quantitative estimate of drug-likeness (QED) is 0.738. The van der Waals surface area contributed by atoms with Gasteiger partial charge in [0.1, 0.15) is 0 Å². The predicted molar refractivity (Wildman–Crippen MR) is 71.7 cm³/mol. The van der Waals surface area contributed by atoms with Crippen molar-refractivity contribution in [3.63, 3.8) is 0 Å².